The van der Waals surface area contributed by atoms with Crippen LogP contribution in [0.2, 0.25) is 0 Å². The lowest BCUT2D eigenvalue weighted by Crippen LogP contribution is -2.00. The molecule has 0 aliphatic rings. The molecule has 0 aromatic carbocycles. The summed E-state index contributed by atoms with van der Waals surface area (Å²) in [6.07, 6.45) is 20.8. The molecule has 0 fully saturated rings. The first-order valence-corrected chi connectivity index (χ1v) is 8.49. The molecule has 3 heteroatoms. The summed E-state index contributed by atoms with van der Waals surface area (Å²) in [5.41, 5.74) is 0. The quantitative estimate of drug-likeness (QED) is 0.479. The van der Waals surface area contributed by atoms with Gasteiger partial charge >= 0.3 is 0 Å². The van der Waals surface area contributed by atoms with Gasteiger partial charge in [-0.2, -0.15) is 0 Å². The second kappa shape index (κ2) is 15.5. The van der Waals surface area contributed by atoms with Gasteiger partial charge in [0, 0.05) is 0 Å². The lowest BCUT2D eigenvalue weighted by Gasteiger charge is -2.01. The van der Waals surface area contributed by atoms with Crippen LogP contribution >= 0.6 is 0 Å². The third kappa shape index (κ3) is 15.3. The van der Waals surface area contributed by atoms with Gasteiger partial charge in [-0.3, -0.25) is 0 Å². The Morgan fingerprint density at radius 2 is 1.26 bits per heavy atom. The minimum atomic E-state index is -0.528. The van der Waals surface area contributed by atoms with Gasteiger partial charge in [0.15, 0.2) is 0 Å². The molecule has 0 bridgehead atoms. The molecule has 0 amide bonds. The van der Waals surface area contributed by atoms with E-state index in [-0.39, 0.29) is 6.10 Å². The highest BCUT2D eigenvalue weighted by atomic mass is 16.3. The van der Waals surface area contributed by atoms with Gasteiger partial charge < -0.3 is 15.3 Å². The summed E-state index contributed by atoms with van der Waals surface area (Å²) in [7, 11) is 0. The van der Waals surface area contributed by atoms with Crippen molar-refractivity contribution in [1.82, 2.24) is 0 Å². The van der Waals surface area contributed by atoms with Gasteiger partial charge in [-0.15, -0.1) is 0 Å². The number of aliphatic hydroxyl groups is 3. The van der Waals surface area contributed by atoms with Gasteiger partial charge in [0.25, 0.3) is 0 Å². The first-order valence-electron chi connectivity index (χ1n) is 8.49. The molecule has 3 N–H and O–H groups in total. The summed E-state index contributed by atoms with van der Waals surface area (Å²) in [6, 6.07) is 0. The van der Waals surface area contributed by atoms with Gasteiger partial charge in [-0.1, -0.05) is 87.4 Å². The molecule has 3 atom stereocenters. The molecule has 0 aliphatic carbocycles. The Morgan fingerprint density at radius 3 is 1.87 bits per heavy atom. The Morgan fingerprint density at radius 1 is 0.696 bits per heavy atom. The molecule has 0 heterocycles. The van der Waals surface area contributed by atoms with Crippen LogP contribution in [-0.2, 0) is 0 Å². The zero-order valence-corrected chi connectivity index (χ0v) is 14.4. The molecule has 0 saturated heterocycles. The second-order valence-corrected chi connectivity index (χ2v) is 5.46. The maximum Gasteiger partial charge on any atom is 0.0758 e. The molecular weight excluding hydrogens is 288 g/mol. The average Bonchev–Trinajstić information content (AvgIpc) is 2.55. The van der Waals surface area contributed by atoms with Crippen molar-refractivity contribution in [3.8, 4) is 0 Å². The summed E-state index contributed by atoms with van der Waals surface area (Å²) in [4.78, 5) is 0. The standard InChI is InChI=1S/C20H32O3/c1-3-5-13-19(22)15-9-6-7-10-16-20(23)17-12-8-11-14-18(21)4-2/h6-12,14-16,18-23H,3-5,13,17H2,1-2H3/b7-6+,12-8-,14-11+,15-9-,16-10+/t18-,19+,20+/m1/s1. The van der Waals surface area contributed by atoms with Crippen molar-refractivity contribution < 1.29 is 15.3 Å². The Bertz CT molecular complexity index is 405. The van der Waals surface area contributed by atoms with Gasteiger partial charge in [0.1, 0.15) is 0 Å². The number of unbranched alkanes of at least 4 members (excludes halogenated alkanes) is 1. The van der Waals surface area contributed by atoms with Crippen molar-refractivity contribution in [2.24, 2.45) is 0 Å². The number of aliphatic hydroxyl groups excluding tert-OH is 3. The minimum absolute atomic E-state index is 0.376. The Kier molecular flexibility index (Phi) is 14.5. The van der Waals surface area contributed by atoms with Crippen molar-refractivity contribution >= 4 is 0 Å². The fraction of sp³-hybridized carbons (Fsp3) is 0.500. The molecule has 23 heavy (non-hydrogen) atoms. The third-order valence-electron chi connectivity index (χ3n) is 3.23. The van der Waals surface area contributed by atoms with E-state index >= 15 is 0 Å². The van der Waals surface area contributed by atoms with Gasteiger partial charge in [0.2, 0.25) is 0 Å². The molecule has 0 rings (SSSR count). The highest BCUT2D eigenvalue weighted by Gasteiger charge is 1.95. The molecule has 0 aromatic heterocycles. The number of rotatable bonds is 12. The fourth-order valence-electron chi connectivity index (χ4n) is 1.73. The number of allylic oxidation sites excluding steroid dienone is 6. The molecular formula is C20H32O3. The Labute approximate surface area is 141 Å². The zero-order chi connectivity index (χ0) is 17.3. The van der Waals surface area contributed by atoms with Gasteiger partial charge in [-0.05, 0) is 19.3 Å². The average molecular weight is 320 g/mol. The van der Waals surface area contributed by atoms with E-state index in [2.05, 4.69) is 6.92 Å². The summed E-state index contributed by atoms with van der Waals surface area (Å²) in [5.74, 6) is 0. The van der Waals surface area contributed by atoms with Gasteiger partial charge in [0.05, 0.1) is 18.3 Å². The zero-order valence-electron chi connectivity index (χ0n) is 14.4. The van der Waals surface area contributed by atoms with Crippen LogP contribution in [0.3, 0.4) is 0 Å². The monoisotopic (exact) mass is 320 g/mol. The molecule has 0 aromatic rings. The maximum absolute atomic E-state index is 9.74. The van der Waals surface area contributed by atoms with E-state index in [4.69, 9.17) is 0 Å². The number of hydrogen-bond acceptors (Lipinski definition) is 3. The van der Waals surface area contributed by atoms with Crippen LogP contribution in [0.25, 0.3) is 0 Å². The summed E-state index contributed by atoms with van der Waals surface area (Å²) >= 11 is 0. The van der Waals surface area contributed by atoms with Crippen LogP contribution in [0.15, 0.2) is 60.8 Å². The molecule has 0 spiro atoms. The highest BCUT2D eigenvalue weighted by Crippen LogP contribution is 2.01. The van der Waals surface area contributed by atoms with Crippen LogP contribution < -0.4 is 0 Å². The normalized spacial score (nSPS) is 17.3. The SMILES string of the molecule is CCCC[C@H](O)\C=C/C=C/C=C/[C@H](O)C/C=C\C=C\[C@H](O)CC. The van der Waals surface area contributed by atoms with E-state index in [9.17, 15) is 15.3 Å². The van der Waals surface area contributed by atoms with Crippen molar-refractivity contribution in [2.75, 3.05) is 0 Å². The van der Waals surface area contributed by atoms with E-state index in [1.54, 1.807) is 30.4 Å². The predicted octanol–water partition coefficient (Wildman–Crippen LogP) is 3.84. The first-order chi connectivity index (χ1) is 11.1. The summed E-state index contributed by atoms with van der Waals surface area (Å²) in [5, 5.41) is 28.7. The maximum atomic E-state index is 9.74. The molecule has 3 nitrogen and oxygen atoms in total. The van der Waals surface area contributed by atoms with E-state index in [1.165, 1.54) is 0 Å². The van der Waals surface area contributed by atoms with Crippen LogP contribution in [0.1, 0.15) is 46.0 Å². The second-order valence-electron chi connectivity index (χ2n) is 5.46. The Hall–Kier alpha value is -1.42. The third-order valence-corrected chi connectivity index (χ3v) is 3.23. The van der Waals surface area contributed by atoms with Crippen molar-refractivity contribution in [2.45, 2.75) is 64.3 Å². The molecule has 130 valence electrons. The fourth-order valence-corrected chi connectivity index (χ4v) is 1.73. The van der Waals surface area contributed by atoms with Gasteiger partial charge in [-0.25, -0.2) is 0 Å². The van der Waals surface area contributed by atoms with Crippen molar-refractivity contribution in [3.05, 3.63) is 60.8 Å². The molecule has 0 saturated carbocycles. The Balaban J connectivity index is 3.93. The molecule has 0 aliphatic heterocycles. The van der Waals surface area contributed by atoms with Crippen LogP contribution in [0.5, 0.6) is 0 Å². The molecule has 0 radical (unpaired) electrons. The summed E-state index contributed by atoms with van der Waals surface area (Å²) in [6.45, 7) is 4.02. The predicted molar refractivity (Wildman–Crippen MR) is 98.2 cm³/mol. The van der Waals surface area contributed by atoms with E-state index in [0.29, 0.717) is 12.8 Å². The molecule has 0 unspecified atom stereocenters. The van der Waals surface area contributed by atoms with Crippen molar-refractivity contribution in [3.63, 3.8) is 0 Å². The van der Waals surface area contributed by atoms with Crippen LogP contribution in [0, 0.1) is 0 Å². The lowest BCUT2D eigenvalue weighted by molar-refractivity contribution is 0.209. The van der Waals surface area contributed by atoms with Crippen molar-refractivity contribution in [1.29, 1.82) is 0 Å². The van der Waals surface area contributed by atoms with Crippen LogP contribution in [-0.4, -0.2) is 33.6 Å². The lowest BCUT2D eigenvalue weighted by atomic mass is 10.1. The number of hydrogen-bond donors (Lipinski definition) is 3. The van der Waals surface area contributed by atoms with Crippen LogP contribution in [0.4, 0.5) is 0 Å². The van der Waals surface area contributed by atoms with E-state index in [0.717, 1.165) is 19.3 Å². The minimum Gasteiger partial charge on any atom is -0.389 e. The highest BCUT2D eigenvalue weighted by molar-refractivity contribution is 5.13. The van der Waals surface area contributed by atoms with E-state index < -0.39 is 12.2 Å². The van der Waals surface area contributed by atoms with E-state index in [1.807, 2.05) is 37.3 Å². The topological polar surface area (TPSA) is 60.7 Å². The largest absolute Gasteiger partial charge is 0.389 e. The smallest absolute Gasteiger partial charge is 0.0758 e. The summed E-state index contributed by atoms with van der Waals surface area (Å²) < 4.78 is 0. The first kappa shape index (κ1) is 21.6.